The summed E-state index contributed by atoms with van der Waals surface area (Å²) in [5.74, 6) is 1.10. The van der Waals surface area contributed by atoms with Crippen LogP contribution in [0.15, 0.2) is 0 Å². The van der Waals surface area contributed by atoms with Gasteiger partial charge in [-0.25, -0.2) is 8.42 Å². The van der Waals surface area contributed by atoms with E-state index in [-0.39, 0.29) is 11.8 Å². The van der Waals surface area contributed by atoms with E-state index < -0.39 is 19.3 Å². The quantitative estimate of drug-likeness (QED) is 0.478. The summed E-state index contributed by atoms with van der Waals surface area (Å²) < 4.78 is 26.4. The molecule has 0 aromatic carbocycles. The van der Waals surface area contributed by atoms with Gasteiger partial charge in [-0.15, -0.1) is 0 Å². The molecule has 0 saturated carbocycles. The fourth-order valence-electron chi connectivity index (χ4n) is 3.52. The van der Waals surface area contributed by atoms with Crippen LogP contribution in [0, 0.1) is 23.7 Å². The molecule has 0 heterocycles. The molecule has 0 rings (SSSR count). The van der Waals surface area contributed by atoms with Gasteiger partial charge in [-0.05, 0) is 50.4 Å². The van der Waals surface area contributed by atoms with Crippen molar-refractivity contribution in [2.45, 2.75) is 104 Å². The van der Waals surface area contributed by atoms with Crippen LogP contribution < -0.4 is 0 Å². The number of rotatable bonds is 10. The highest BCUT2D eigenvalue weighted by atomic mass is 32.2. The van der Waals surface area contributed by atoms with Crippen LogP contribution in [0.5, 0.6) is 0 Å². The number of hydrogen-bond donors (Lipinski definition) is 0. The van der Waals surface area contributed by atoms with Gasteiger partial charge in [0.2, 0.25) is 0 Å². The Bertz CT molecular complexity index is 416. The van der Waals surface area contributed by atoms with Crippen molar-refractivity contribution in [2.75, 3.05) is 0 Å². The SMILES string of the molecule is CCC(C)CC(C)(C(C)C)S(=O)(=O)C(C)(CC(C)CC)C(C)C. The summed E-state index contributed by atoms with van der Waals surface area (Å²) in [6, 6.07) is 0. The second kappa shape index (κ2) is 8.36. The Morgan fingerprint density at radius 2 is 0.957 bits per heavy atom. The summed E-state index contributed by atoms with van der Waals surface area (Å²) in [5.41, 5.74) is 0. The number of sulfone groups is 1. The first-order chi connectivity index (χ1) is 10.3. The summed E-state index contributed by atoms with van der Waals surface area (Å²) in [7, 11) is -3.27. The molecular formula is C20H42O2S. The normalized spacial score (nSPS) is 21.0. The van der Waals surface area contributed by atoms with Crippen molar-refractivity contribution in [2.24, 2.45) is 23.7 Å². The molecule has 0 aliphatic carbocycles. The Morgan fingerprint density at radius 1 is 0.696 bits per heavy atom. The van der Waals surface area contributed by atoms with Gasteiger partial charge in [0.05, 0.1) is 9.49 Å². The molecule has 0 aliphatic rings. The minimum atomic E-state index is -3.27. The van der Waals surface area contributed by atoms with Gasteiger partial charge in [-0.2, -0.15) is 0 Å². The summed E-state index contributed by atoms with van der Waals surface area (Å²) in [6.07, 6.45) is 3.57. The maximum atomic E-state index is 13.9. The molecule has 0 aliphatic heterocycles. The van der Waals surface area contributed by atoms with Gasteiger partial charge in [0.1, 0.15) is 0 Å². The molecule has 0 radical (unpaired) electrons. The van der Waals surface area contributed by atoms with Crippen molar-refractivity contribution in [3.63, 3.8) is 0 Å². The van der Waals surface area contributed by atoms with E-state index in [4.69, 9.17) is 0 Å². The Hall–Kier alpha value is -0.0500. The molecule has 0 aromatic heterocycles. The lowest BCUT2D eigenvalue weighted by Gasteiger charge is -2.46. The second-order valence-corrected chi connectivity index (χ2v) is 11.7. The van der Waals surface area contributed by atoms with E-state index >= 15 is 0 Å². The summed E-state index contributed by atoms with van der Waals surface area (Å²) in [4.78, 5) is 0. The van der Waals surface area contributed by atoms with Crippen LogP contribution in [0.2, 0.25) is 0 Å². The minimum absolute atomic E-state index is 0.122. The minimum Gasteiger partial charge on any atom is -0.228 e. The lowest BCUT2D eigenvalue weighted by Crippen LogP contribution is -2.55. The molecule has 23 heavy (non-hydrogen) atoms. The van der Waals surface area contributed by atoms with Crippen LogP contribution in [-0.4, -0.2) is 17.9 Å². The van der Waals surface area contributed by atoms with E-state index in [1.54, 1.807) is 0 Å². The van der Waals surface area contributed by atoms with Gasteiger partial charge in [-0.1, -0.05) is 68.2 Å². The van der Waals surface area contributed by atoms with E-state index in [0.717, 1.165) is 25.7 Å². The van der Waals surface area contributed by atoms with Gasteiger partial charge in [-0.3, -0.25) is 0 Å². The third-order valence-electron chi connectivity index (χ3n) is 6.57. The molecule has 0 fully saturated rings. The summed E-state index contributed by atoms with van der Waals surface area (Å²) in [6.45, 7) is 20.9. The van der Waals surface area contributed by atoms with Crippen molar-refractivity contribution in [3.8, 4) is 0 Å². The first-order valence-corrected chi connectivity index (χ1v) is 11.0. The van der Waals surface area contributed by atoms with Crippen LogP contribution >= 0.6 is 0 Å². The Labute approximate surface area is 146 Å². The van der Waals surface area contributed by atoms with Crippen LogP contribution in [-0.2, 0) is 9.84 Å². The highest BCUT2D eigenvalue weighted by Gasteiger charge is 2.54. The molecule has 0 amide bonds. The van der Waals surface area contributed by atoms with Crippen molar-refractivity contribution in [1.82, 2.24) is 0 Å². The zero-order valence-corrected chi connectivity index (χ0v) is 18.2. The maximum absolute atomic E-state index is 13.9. The van der Waals surface area contributed by atoms with Crippen molar-refractivity contribution >= 4 is 9.84 Å². The van der Waals surface area contributed by atoms with Crippen molar-refractivity contribution in [3.05, 3.63) is 0 Å². The summed E-state index contributed by atoms with van der Waals surface area (Å²) >= 11 is 0. The summed E-state index contributed by atoms with van der Waals surface area (Å²) in [5, 5.41) is 0. The molecule has 140 valence electrons. The molecule has 4 atom stereocenters. The van der Waals surface area contributed by atoms with Crippen LogP contribution in [0.4, 0.5) is 0 Å². The van der Waals surface area contributed by atoms with Crippen molar-refractivity contribution < 1.29 is 8.42 Å². The molecule has 0 aromatic rings. The van der Waals surface area contributed by atoms with E-state index in [2.05, 4.69) is 55.4 Å². The van der Waals surface area contributed by atoms with Gasteiger partial charge in [0, 0.05) is 0 Å². The smallest absolute Gasteiger partial charge is 0.161 e. The molecule has 0 bridgehead atoms. The van der Waals surface area contributed by atoms with Gasteiger partial charge < -0.3 is 0 Å². The van der Waals surface area contributed by atoms with E-state index in [9.17, 15) is 8.42 Å². The maximum Gasteiger partial charge on any atom is 0.161 e. The van der Waals surface area contributed by atoms with Crippen LogP contribution in [0.25, 0.3) is 0 Å². The van der Waals surface area contributed by atoms with Gasteiger partial charge >= 0.3 is 0 Å². The third-order valence-corrected chi connectivity index (χ3v) is 10.3. The second-order valence-electron chi connectivity index (χ2n) is 8.87. The fourth-order valence-corrected chi connectivity index (χ4v) is 6.83. The molecule has 4 unspecified atom stereocenters. The average Bonchev–Trinajstić information content (AvgIpc) is 2.45. The highest BCUT2D eigenvalue weighted by Crippen LogP contribution is 2.46. The van der Waals surface area contributed by atoms with Gasteiger partial charge in [0.25, 0.3) is 0 Å². The number of hydrogen-bond acceptors (Lipinski definition) is 2. The molecule has 0 N–H and O–H groups in total. The topological polar surface area (TPSA) is 34.1 Å². The standard InChI is InChI=1S/C20H42O2S/c1-11-17(7)13-19(9,15(3)4)23(21,22)20(10,16(5)6)14-18(8)12-2/h15-18H,11-14H2,1-10H3. The van der Waals surface area contributed by atoms with E-state index in [1.807, 2.05) is 13.8 Å². The average molecular weight is 347 g/mol. The van der Waals surface area contributed by atoms with E-state index in [1.165, 1.54) is 0 Å². The molecular weight excluding hydrogens is 304 g/mol. The lowest BCUT2D eigenvalue weighted by atomic mass is 9.85. The third kappa shape index (κ3) is 4.52. The predicted octanol–water partition coefficient (Wildman–Crippen LogP) is 6.10. The van der Waals surface area contributed by atoms with Crippen molar-refractivity contribution in [1.29, 1.82) is 0 Å². The zero-order chi connectivity index (χ0) is 18.6. The molecule has 3 heteroatoms. The van der Waals surface area contributed by atoms with Gasteiger partial charge in [0.15, 0.2) is 9.84 Å². The largest absolute Gasteiger partial charge is 0.228 e. The van der Waals surface area contributed by atoms with Crippen LogP contribution in [0.3, 0.4) is 0 Å². The highest BCUT2D eigenvalue weighted by molar-refractivity contribution is 7.94. The fraction of sp³-hybridized carbons (Fsp3) is 1.00. The first-order valence-electron chi connectivity index (χ1n) is 9.54. The molecule has 0 spiro atoms. The zero-order valence-electron chi connectivity index (χ0n) is 17.4. The monoisotopic (exact) mass is 346 g/mol. The Morgan fingerprint density at radius 3 is 1.13 bits per heavy atom. The lowest BCUT2D eigenvalue weighted by molar-refractivity contribution is 0.299. The molecule has 2 nitrogen and oxygen atoms in total. The molecule has 0 saturated heterocycles. The first kappa shape index (κ1) is 22.9. The Kier molecular flexibility index (Phi) is 8.34. The van der Waals surface area contributed by atoms with E-state index in [0.29, 0.717) is 11.8 Å². The Balaban J connectivity index is 6.08. The van der Waals surface area contributed by atoms with Crippen LogP contribution in [0.1, 0.15) is 94.9 Å². The predicted molar refractivity (Wildman–Crippen MR) is 104 cm³/mol.